The number of ether oxygens (including phenoxy) is 1. The van der Waals surface area contributed by atoms with Gasteiger partial charge in [-0.1, -0.05) is 20.3 Å². The quantitative estimate of drug-likeness (QED) is 0.605. The number of unbranched alkanes of at least 4 members (excludes halogenated alkanes) is 1. The zero-order valence-electron chi connectivity index (χ0n) is 8.97. The molecule has 1 saturated heterocycles. The van der Waals surface area contributed by atoms with Crippen molar-refractivity contribution in [2.75, 3.05) is 27.2 Å². The summed E-state index contributed by atoms with van der Waals surface area (Å²) in [5.74, 6) is 0. The molecule has 1 atom stereocenters. The van der Waals surface area contributed by atoms with E-state index in [0.29, 0.717) is 6.10 Å². The Balaban J connectivity index is 0.000000211. The van der Waals surface area contributed by atoms with E-state index in [4.69, 9.17) is 4.74 Å². The molecule has 0 radical (unpaired) electrons. The predicted octanol–water partition coefficient (Wildman–Crippen LogP) is 2.14. The Labute approximate surface area is 76.9 Å². The van der Waals surface area contributed by atoms with Gasteiger partial charge in [-0.25, -0.2) is 0 Å². The van der Waals surface area contributed by atoms with Crippen LogP contribution in [0.5, 0.6) is 0 Å². The third-order valence-corrected chi connectivity index (χ3v) is 1.82. The van der Waals surface area contributed by atoms with Gasteiger partial charge >= 0.3 is 0 Å². The molecule has 1 aliphatic heterocycles. The van der Waals surface area contributed by atoms with E-state index in [2.05, 4.69) is 32.8 Å². The zero-order valence-corrected chi connectivity index (χ0v) is 8.97. The molecule has 0 N–H and O–H groups in total. The third-order valence-electron chi connectivity index (χ3n) is 1.82. The van der Waals surface area contributed by atoms with Crippen molar-refractivity contribution < 1.29 is 4.74 Å². The second-order valence-electron chi connectivity index (χ2n) is 3.52. The van der Waals surface area contributed by atoms with Crippen LogP contribution >= 0.6 is 0 Å². The summed E-state index contributed by atoms with van der Waals surface area (Å²) in [7, 11) is 4.21. The van der Waals surface area contributed by atoms with Crippen molar-refractivity contribution in [3.8, 4) is 0 Å². The van der Waals surface area contributed by atoms with Crippen molar-refractivity contribution in [2.45, 2.75) is 39.2 Å². The van der Waals surface area contributed by atoms with Crippen molar-refractivity contribution in [1.29, 1.82) is 0 Å². The second kappa shape index (κ2) is 7.56. The van der Waals surface area contributed by atoms with Crippen LogP contribution in [0.25, 0.3) is 0 Å². The number of hydrogen-bond donors (Lipinski definition) is 0. The Kier molecular flexibility index (Phi) is 7.51. The molecule has 1 heterocycles. The van der Waals surface area contributed by atoms with E-state index in [1.54, 1.807) is 0 Å². The monoisotopic (exact) mass is 173 g/mol. The van der Waals surface area contributed by atoms with E-state index in [1.807, 2.05) is 0 Å². The van der Waals surface area contributed by atoms with Crippen LogP contribution in [0.2, 0.25) is 0 Å². The maximum absolute atomic E-state index is 4.86. The first-order chi connectivity index (χ1) is 5.70. The Bertz CT molecular complexity index is 89.8. The van der Waals surface area contributed by atoms with Gasteiger partial charge in [-0.15, -0.1) is 0 Å². The van der Waals surface area contributed by atoms with E-state index in [9.17, 15) is 0 Å². The van der Waals surface area contributed by atoms with Crippen LogP contribution < -0.4 is 0 Å². The summed E-state index contributed by atoms with van der Waals surface area (Å²) >= 11 is 0. The van der Waals surface area contributed by atoms with E-state index in [0.717, 1.165) is 6.61 Å². The fourth-order valence-corrected chi connectivity index (χ4v) is 0.778. The van der Waals surface area contributed by atoms with Gasteiger partial charge in [0.05, 0.1) is 12.7 Å². The largest absolute Gasteiger partial charge is 0.373 e. The summed E-state index contributed by atoms with van der Waals surface area (Å²) in [6, 6.07) is 0. The molecule has 0 aliphatic carbocycles. The lowest BCUT2D eigenvalue weighted by atomic mass is 10.3. The standard InChI is InChI=1S/C6H15N.C4H8O/c1-4-5-6-7(2)3;1-2-4-3-5-4/h4-6H2,1-3H3;4H,2-3H2,1H3. The van der Waals surface area contributed by atoms with Crippen molar-refractivity contribution in [3.05, 3.63) is 0 Å². The fourth-order valence-electron chi connectivity index (χ4n) is 0.778. The minimum Gasteiger partial charge on any atom is -0.373 e. The van der Waals surface area contributed by atoms with Gasteiger partial charge in [-0.2, -0.15) is 0 Å². The van der Waals surface area contributed by atoms with Gasteiger partial charge in [0.1, 0.15) is 0 Å². The molecule has 1 fully saturated rings. The van der Waals surface area contributed by atoms with E-state index in [-0.39, 0.29) is 0 Å². The summed E-state index contributed by atoms with van der Waals surface area (Å²) in [6.07, 6.45) is 4.46. The first kappa shape index (κ1) is 11.9. The van der Waals surface area contributed by atoms with Crippen LogP contribution in [0.1, 0.15) is 33.1 Å². The molecular formula is C10H23NO. The highest BCUT2D eigenvalue weighted by molar-refractivity contribution is 4.64. The van der Waals surface area contributed by atoms with Gasteiger partial charge in [-0.3, -0.25) is 0 Å². The fraction of sp³-hybridized carbons (Fsp3) is 1.00. The smallest absolute Gasteiger partial charge is 0.0807 e. The first-order valence-electron chi connectivity index (χ1n) is 4.97. The van der Waals surface area contributed by atoms with Crippen molar-refractivity contribution in [2.24, 2.45) is 0 Å². The average Bonchev–Trinajstić information content (AvgIpc) is 2.84. The molecule has 0 amide bonds. The highest BCUT2D eigenvalue weighted by Gasteiger charge is 2.18. The summed E-state index contributed by atoms with van der Waals surface area (Å²) in [4.78, 5) is 2.21. The molecule has 1 rings (SSSR count). The Morgan fingerprint density at radius 2 is 1.92 bits per heavy atom. The molecule has 0 spiro atoms. The van der Waals surface area contributed by atoms with Crippen molar-refractivity contribution >= 4 is 0 Å². The Morgan fingerprint density at radius 1 is 1.33 bits per heavy atom. The average molecular weight is 173 g/mol. The molecule has 0 saturated carbocycles. The molecule has 74 valence electrons. The molecule has 0 aromatic carbocycles. The van der Waals surface area contributed by atoms with Crippen LogP contribution in [0.3, 0.4) is 0 Å². The van der Waals surface area contributed by atoms with Crippen LogP contribution in [0.4, 0.5) is 0 Å². The van der Waals surface area contributed by atoms with Gasteiger partial charge in [0, 0.05) is 0 Å². The molecule has 0 aromatic heterocycles. The lowest BCUT2D eigenvalue weighted by Gasteiger charge is -2.05. The lowest BCUT2D eigenvalue weighted by Crippen LogP contribution is -2.12. The molecule has 1 aliphatic rings. The van der Waals surface area contributed by atoms with Crippen LogP contribution in [-0.2, 0) is 4.74 Å². The molecule has 1 unspecified atom stereocenters. The number of hydrogen-bond acceptors (Lipinski definition) is 2. The predicted molar refractivity (Wildman–Crippen MR) is 53.5 cm³/mol. The SMILES string of the molecule is CCC1CO1.CCCCN(C)C. The maximum atomic E-state index is 4.86. The molecule has 0 bridgehead atoms. The van der Waals surface area contributed by atoms with Crippen LogP contribution in [-0.4, -0.2) is 38.3 Å². The Hall–Kier alpha value is -0.0800. The number of nitrogens with zero attached hydrogens (tertiary/aromatic N) is 1. The van der Waals surface area contributed by atoms with Crippen molar-refractivity contribution in [1.82, 2.24) is 4.90 Å². The summed E-state index contributed by atoms with van der Waals surface area (Å²) in [5.41, 5.74) is 0. The zero-order chi connectivity index (χ0) is 9.40. The van der Waals surface area contributed by atoms with Gasteiger partial charge in [0.2, 0.25) is 0 Å². The minimum atomic E-state index is 0.634. The first-order valence-corrected chi connectivity index (χ1v) is 4.97. The van der Waals surface area contributed by atoms with Gasteiger partial charge < -0.3 is 9.64 Å². The minimum absolute atomic E-state index is 0.634. The lowest BCUT2D eigenvalue weighted by molar-refractivity contribution is 0.398. The summed E-state index contributed by atoms with van der Waals surface area (Å²) < 4.78 is 4.86. The summed E-state index contributed by atoms with van der Waals surface area (Å²) in [6.45, 7) is 6.59. The van der Waals surface area contributed by atoms with E-state index in [1.165, 1.54) is 25.8 Å². The topological polar surface area (TPSA) is 15.8 Å². The molecule has 2 heteroatoms. The van der Waals surface area contributed by atoms with E-state index < -0.39 is 0 Å². The molecule has 12 heavy (non-hydrogen) atoms. The Morgan fingerprint density at radius 3 is 2.00 bits per heavy atom. The molecule has 2 nitrogen and oxygen atoms in total. The maximum Gasteiger partial charge on any atom is 0.0807 e. The van der Waals surface area contributed by atoms with Gasteiger partial charge in [-0.05, 0) is 33.5 Å². The van der Waals surface area contributed by atoms with E-state index >= 15 is 0 Å². The summed E-state index contributed by atoms with van der Waals surface area (Å²) in [5, 5.41) is 0. The molecule has 0 aromatic rings. The van der Waals surface area contributed by atoms with Gasteiger partial charge in [0.25, 0.3) is 0 Å². The number of rotatable bonds is 4. The van der Waals surface area contributed by atoms with Gasteiger partial charge in [0.15, 0.2) is 0 Å². The number of epoxide rings is 1. The van der Waals surface area contributed by atoms with Crippen LogP contribution in [0, 0.1) is 0 Å². The van der Waals surface area contributed by atoms with Crippen LogP contribution in [0.15, 0.2) is 0 Å². The highest BCUT2D eigenvalue weighted by Crippen LogP contribution is 2.10. The molecular weight excluding hydrogens is 150 g/mol. The van der Waals surface area contributed by atoms with Crippen molar-refractivity contribution in [3.63, 3.8) is 0 Å². The normalized spacial score (nSPS) is 20.2. The third kappa shape index (κ3) is 9.92. The second-order valence-corrected chi connectivity index (χ2v) is 3.52. The highest BCUT2D eigenvalue weighted by atomic mass is 16.6.